The number of aromatic nitrogens is 2. The van der Waals surface area contributed by atoms with Crippen molar-refractivity contribution >= 4 is 40.7 Å². The summed E-state index contributed by atoms with van der Waals surface area (Å²) >= 11 is 2.25. The molecule has 0 aliphatic rings. The Balaban J connectivity index is 1.47. The summed E-state index contributed by atoms with van der Waals surface area (Å²) in [6.45, 7) is -2.10. The molecule has 50 heavy (non-hydrogen) atoms. The smallest absolute Gasteiger partial charge is 0.407 e. The summed E-state index contributed by atoms with van der Waals surface area (Å²) in [5, 5.41) is 21.7. The molecule has 13 heteroatoms. The van der Waals surface area contributed by atoms with Gasteiger partial charge in [0.1, 0.15) is 12.6 Å². The van der Waals surface area contributed by atoms with Crippen LogP contribution in [0.5, 0.6) is 0 Å². The number of urea groups is 1. The van der Waals surface area contributed by atoms with E-state index >= 15 is 0 Å². The van der Waals surface area contributed by atoms with Crippen molar-refractivity contribution in [3.63, 3.8) is 0 Å². The van der Waals surface area contributed by atoms with Crippen molar-refractivity contribution in [2.24, 2.45) is 5.92 Å². The lowest BCUT2D eigenvalue weighted by Gasteiger charge is -2.30. The number of thiazole rings is 2. The first-order valence-electron chi connectivity index (χ1n) is 19.2. The quantitative estimate of drug-likeness (QED) is 0.106. The second kappa shape index (κ2) is 19.2. The molecule has 268 valence electrons. The standard InChI is InChI=1S/C37H48N6O5S2/c1-24(2)33(42-36(46)43(5)20-29-22-49-35(40-29)25(3)4)34(45)39-28(16-26-12-8-6-9-13-26)18-32(44)31(17-27-14-10-7-11-15-27)41-37(47)48-21-30-19-38-23-50-30/h6-15,19,22-25,28,31-33,44H,16-18,20-21H2,1-5H3,(H,39,45)(H,41,47)(H,42,46)/t28-,31-,32-,33-/m0/s1/i3D3,4D3. The number of amides is 4. The predicted molar refractivity (Wildman–Crippen MR) is 197 cm³/mol. The van der Waals surface area contributed by atoms with Crippen molar-refractivity contribution in [3.05, 3.63) is 104 Å². The van der Waals surface area contributed by atoms with E-state index in [0.717, 1.165) is 27.3 Å². The Morgan fingerprint density at radius 3 is 2.26 bits per heavy atom. The number of carbonyl (C=O) groups excluding carboxylic acids is 3. The van der Waals surface area contributed by atoms with Gasteiger partial charge in [-0.1, -0.05) is 88.2 Å². The first kappa shape index (κ1) is 30.5. The van der Waals surface area contributed by atoms with E-state index in [9.17, 15) is 19.5 Å². The van der Waals surface area contributed by atoms with Gasteiger partial charge in [0.15, 0.2) is 0 Å². The number of nitrogens with zero attached hydrogens (tertiary/aromatic N) is 3. The lowest BCUT2D eigenvalue weighted by Crippen LogP contribution is -2.55. The van der Waals surface area contributed by atoms with Gasteiger partial charge in [0, 0.05) is 38.8 Å². The van der Waals surface area contributed by atoms with Crippen LogP contribution in [0.3, 0.4) is 0 Å². The number of ether oxygens (including phenoxy) is 1. The van der Waals surface area contributed by atoms with Crippen molar-refractivity contribution in [1.82, 2.24) is 30.8 Å². The highest BCUT2D eigenvalue weighted by molar-refractivity contribution is 7.09. The lowest BCUT2D eigenvalue weighted by molar-refractivity contribution is -0.124. The van der Waals surface area contributed by atoms with Crippen molar-refractivity contribution in [3.8, 4) is 0 Å². The molecule has 0 unspecified atom stereocenters. The van der Waals surface area contributed by atoms with Crippen LogP contribution in [0.15, 0.2) is 77.8 Å². The van der Waals surface area contributed by atoms with E-state index in [4.69, 9.17) is 13.0 Å². The van der Waals surface area contributed by atoms with Gasteiger partial charge in [0.25, 0.3) is 0 Å². The summed E-state index contributed by atoms with van der Waals surface area (Å²) in [6.07, 6.45) is 0.444. The van der Waals surface area contributed by atoms with Gasteiger partial charge >= 0.3 is 12.1 Å². The zero-order valence-electron chi connectivity index (χ0n) is 34.2. The van der Waals surface area contributed by atoms with Crippen LogP contribution in [-0.2, 0) is 35.5 Å². The van der Waals surface area contributed by atoms with E-state index in [0.29, 0.717) is 12.1 Å². The second-order valence-electron chi connectivity index (χ2n) is 12.3. The van der Waals surface area contributed by atoms with Crippen LogP contribution in [-0.4, -0.2) is 69.3 Å². The van der Waals surface area contributed by atoms with Gasteiger partial charge in [-0.25, -0.2) is 14.6 Å². The molecule has 0 aliphatic carbocycles. The molecule has 0 saturated heterocycles. The summed E-state index contributed by atoms with van der Waals surface area (Å²) in [5.41, 5.74) is 3.71. The maximum absolute atomic E-state index is 13.9. The summed E-state index contributed by atoms with van der Waals surface area (Å²) in [4.78, 5) is 50.5. The highest BCUT2D eigenvalue weighted by Crippen LogP contribution is 2.20. The van der Waals surface area contributed by atoms with E-state index in [1.54, 1.807) is 25.6 Å². The third-order valence-electron chi connectivity index (χ3n) is 7.88. The summed E-state index contributed by atoms with van der Waals surface area (Å²) in [5.74, 6) is -2.61. The molecule has 4 aromatic rings. The van der Waals surface area contributed by atoms with Crippen molar-refractivity contribution in [2.45, 2.75) is 90.1 Å². The first-order chi connectivity index (χ1) is 26.4. The van der Waals surface area contributed by atoms with Crippen LogP contribution in [0.1, 0.15) is 74.8 Å². The van der Waals surface area contributed by atoms with Crippen molar-refractivity contribution in [2.75, 3.05) is 7.05 Å². The largest absolute Gasteiger partial charge is 0.444 e. The zero-order valence-corrected chi connectivity index (χ0v) is 29.9. The number of aliphatic hydroxyl groups excluding tert-OH is 1. The number of benzene rings is 2. The highest BCUT2D eigenvalue weighted by Gasteiger charge is 2.31. The highest BCUT2D eigenvalue weighted by atomic mass is 32.1. The molecule has 4 rings (SSSR count). The van der Waals surface area contributed by atoms with Gasteiger partial charge in [-0.2, -0.15) is 0 Å². The van der Waals surface area contributed by atoms with Crippen LogP contribution in [0, 0.1) is 5.92 Å². The maximum Gasteiger partial charge on any atom is 0.407 e. The predicted octanol–water partition coefficient (Wildman–Crippen LogP) is 5.91. The first-order valence-corrected chi connectivity index (χ1v) is 18.0. The molecule has 4 atom stereocenters. The molecule has 4 amide bonds. The molecule has 4 N–H and O–H groups in total. The number of rotatable bonds is 17. The third-order valence-corrected chi connectivity index (χ3v) is 9.59. The Hall–Kier alpha value is -4.33. The molecular weight excluding hydrogens is 673 g/mol. The van der Waals surface area contributed by atoms with Crippen LogP contribution in [0.25, 0.3) is 0 Å². The fraction of sp³-hybridized carbons (Fsp3) is 0.432. The molecule has 0 fully saturated rings. The van der Waals surface area contributed by atoms with Gasteiger partial charge in [0.05, 0.1) is 39.8 Å². The van der Waals surface area contributed by atoms with Gasteiger partial charge in [-0.05, 0) is 36.3 Å². The number of hydrogen-bond donors (Lipinski definition) is 4. The molecule has 0 saturated carbocycles. The average molecular weight is 727 g/mol. The zero-order chi connectivity index (χ0) is 41.0. The Morgan fingerprint density at radius 2 is 1.64 bits per heavy atom. The van der Waals surface area contributed by atoms with Gasteiger partial charge in [-0.15, -0.1) is 22.7 Å². The number of hydrogen-bond acceptors (Lipinski definition) is 9. The van der Waals surface area contributed by atoms with E-state index in [1.165, 1.54) is 28.7 Å². The monoisotopic (exact) mass is 726 g/mol. The van der Waals surface area contributed by atoms with Gasteiger partial charge < -0.3 is 30.7 Å². The minimum Gasteiger partial charge on any atom is -0.444 e. The minimum absolute atomic E-state index is 0.0232. The number of carbonyl (C=O) groups is 3. The Kier molecular flexibility index (Phi) is 11.7. The summed E-state index contributed by atoms with van der Waals surface area (Å²) < 4.78 is 51.8. The SMILES string of the molecule is [2H]C([2H])([2H])C(c1nc(CN(C)C(=O)N[C@H](C(=O)N[C@@H](Cc2ccccc2)C[C@H](O)[C@H](Cc2ccccc2)NC(=O)OCc2cncs2)C(C)C)cs1)C([2H])([2H])[2H]. The fourth-order valence-electron chi connectivity index (χ4n) is 5.25. The summed E-state index contributed by atoms with van der Waals surface area (Å²) in [7, 11) is 1.48. The fourth-order valence-corrected chi connectivity index (χ4v) is 6.45. The molecule has 11 nitrogen and oxygen atoms in total. The summed E-state index contributed by atoms with van der Waals surface area (Å²) in [6, 6.07) is 15.8. The van der Waals surface area contributed by atoms with Crippen LogP contribution in [0.2, 0.25) is 0 Å². The molecule has 0 spiro atoms. The molecule has 0 radical (unpaired) electrons. The molecule has 2 aromatic carbocycles. The van der Waals surface area contributed by atoms with Crippen LogP contribution < -0.4 is 16.0 Å². The van der Waals surface area contributed by atoms with Gasteiger partial charge in [-0.3, -0.25) is 9.78 Å². The van der Waals surface area contributed by atoms with E-state index in [1.807, 2.05) is 60.7 Å². The molecule has 0 aliphatic heterocycles. The normalized spacial score (nSPS) is 16.0. The van der Waals surface area contributed by atoms with Crippen LogP contribution in [0.4, 0.5) is 9.59 Å². The number of nitrogens with one attached hydrogen (secondary N) is 3. The Bertz CT molecular complexity index is 1820. The minimum atomic E-state index is -2.80. The molecular formula is C37H48N6O5S2. The van der Waals surface area contributed by atoms with E-state index in [-0.39, 0.29) is 36.9 Å². The lowest BCUT2D eigenvalue weighted by atomic mass is 9.93. The van der Waals surface area contributed by atoms with E-state index in [2.05, 4.69) is 25.9 Å². The topological polar surface area (TPSA) is 146 Å². The van der Waals surface area contributed by atoms with Crippen molar-refractivity contribution < 1.29 is 32.5 Å². The van der Waals surface area contributed by atoms with Crippen LogP contribution >= 0.6 is 22.7 Å². The number of alkyl carbamates (subject to hydrolysis) is 1. The average Bonchev–Trinajstić information content (AvgIpc) is 3.81. The van der Waals surface area contributed by atoms with Crippen molar-refractivity contribution in [1.29, 1.82) is 0 Å². The molecule has 2 heterocycles. The Morgan fingerprint density at radius 1 is 0.960 bits per heavy atom. The Labute approximate surface area is 310 Å². The van der Waals surface area contributed by atoms with Gasteiger partial charge in [0.2, 0.25) is 5.91 Å². The van der Waals surface area contributed by atoms with E-state index < -0.39 is 61.9 Å². The third kappa shape index (κ3) is 12.2. The number of aliphatic hydroxyl groups is 1. The molecule has 0 bridgehead atoms. The molecule has 2 aromatic heterocycles. The second-order valence-corrected chi connectivity index (χ2v) is 14.2. The maximum atomic E-state index is 13.9.